The SMILES string of the molecule is CC(CC[O])OCC[O]. The molecule has 3 nitrogen and oxygen atoms in total. The third-order valence-electron chi connectivity index (χ3n) is 1.01. The highest BCUT2D eigenvalue weighted by atomic mass is 16.5. The Hall–Kier alpha value is -0.120. The van der Waals surface area contributed by atoms with Crippen molar-refractivity contribution in [2.45, 2.75) is 19.4 Å². The average Bonchev–Trinajstić information content (AvgIpc) is 1.85. The summed E-state index contributed by atoms with van der Waals surface area (Å²) in [6.45, 7) is 1.68. The van der Waals surface area contributed by atoms with E-state index in [0.717, 1.165) is 0 Å². The van der Waals surface area contributed by atoms with Gasteiger partial charge in [-0.25, -0.2) is 10.2 Å². The van der Waals surface area contributed by atoms with Crippen molar-refractivity contribution in [3.8, 4) is 0 Å². The van der Waals surface area contributed by atoms with E-state index in [4.69, 9.17) is 4.74 Å². The second kappa shape index (κ2) is 6.01. The molecular formula is C6H12O3. The minimum Gasteiger partial charge on any atom is -0.376 e. The molecule has 1 atom stereocenters. The predicted octanol–water partition coefficient (Wildman–Crippen LogP) is 0.643. The molecule has 0 amide bonds. The molecule has 0 aliphatic rings. The van der Waals surface area contributed by atoms with Crippen LogP contribution >= 0.6 is 0 Å². The Balaban J connectivity index is 2.95. The molecular weight excluding hydrogens is 120 g/mol. The molecule has 0 saturated heterocycles. The van der Waals surface area contributed by atoms with Crippen LogP contribution in [0.1, 0.15) is 13.3 Å². The number of hydrogen-bond acceptors (Lipinski definition) is 1. The molecule has 0 aliphatic carbocycles. The summed E-state index contributed by atoms with van der Waals surface area (Å²) < 4.78 is 4.92. The van der Waals surface area contributed by atoms with Crippen molar-refractivity contribution in [1.29, 1.82) is 0 Å². The molecule has 0 spiro atoms. The molecule has 2 radical (unpaired) electrons. The van der Waals surface area contributed by atoms with Crippen LogP contribution in [-0.2, 0) is 14.9 Å². The lowest BCUT2D eigenvalue weighted by molar-refractivity contribution is 0.00491. The summed E-state index contributed by atoms with van der Waals surface area (Å²) in [6.07, 6.45) is 0.455. The van der Waals surface area contributed by atoms with E-state index in [2.05, 4.69) is 0 Å². The first-order valence-corrected chi connectivity index (χ1v) is 3.09. The Bertz CT molecular complexity index is 56.3. The van der Waals surface area contributed by atoms with Crippen LogP contribution in [0, 0.1) is 0 Å². The number of hydrogen-bond donors (Lipinski definition) is 0. The van der Waals surface area contributed by atoms with E-state index in [1.807, 2.05) is 0 Å². The first-order chi connectivity index (χ1) is 4.31. The van der Waals surface area contributed by atoms with Crippen molar-refractivity contribution in [3.05, 3.63) is 0 Å². The monoisotopic (exact) mass is 132 g/mol. The van der Waals surface area contributed by atoms with Crippen LogP contribution in [0.5, 0.6) is 0 Å². The molecule has 0 bridgehead atoms. The van der Waals surface area contributed by atoms with E-state index < -0.39 is 0 Å². The maximum atomic E-state index is 9.95. The van der Waals surface area contributed by atoms with Crippen LogP contribution in [0.4, 0.5) is 0 Å². The van der Waals surface area contributed by atoms with Gasteiger partial charge in [-0.05, 0) is 13.3 Å². The van der Waals surface area contributed by atoms with E-state index in [0.29, 0.717) is 6.42 Å². The van der Waals surface area contributed by atoms with Gasteiger partial charge >= 0.3 is 0 Å². The minimum atomic E-state index is -0.219. The smallest absolute Gasteiger partial charge is 0.106 e. The maximum Gasteiger partial charge on any atom is 0.106 e. The molecule has 0 aromatic heterocycles. The fourth-order valence-electron chi connectivity index (χ4n) is 0.499. The van der Waals surface area contributed by atoms with E-state index in [9.17, 15) is 10.2 Å². The van der Waals surface area contributed by atoms with Crippen molar-refractivity contribution in [1.82, 2.24) is 0 Å². The molecule has 0 heterocycles. The fraction of sp³-hybridized carbons (Fsp3) is 1.00. The topological polar surface area (TPSA) is 49.0 Å². The maximum absolute atomic E-state index is 9.95. The highest BCUT2D eigenvalue weighted by molar-refractivity contribution is 4.46. The molecule has 0 rings (SSSR count). The van der Waals surface area contributed by atoms with Gasteiger partial charge in [0.2, 0.25) is 0 Å². The number of rotatable bonds is 5. The van der Waals surface area contributed by atoms with Gasteiger partial charge in [0.05, 0.1) is 19.3 Å². The van der Waals surface area contributed by atoms with Gasteiger partial charge in [0.25, 0.3) is 0 Å². The minimum absolute atomic E-state index is 0.0450. The summed E-state index contributed by atoms with van der Waals surface area (Å²) in [5.41, 5.74) is 0. The van der Waals surface area contributed by atoms with Crippen LogP contribution in [0.2, 0.25) is 0 Å². The summed E-state index contributed by atoms with van der Waals surface area (Å²) in [4.78, 5) is 0. The van der Waals surface area contributed by atoms with Crippen LogP contribution in [-0.4, -0.2) is 25.9 Å². The molecule has 0 aromatic carbocycles. The van der Waals surface area contributed by atoms with Gasteiger partial charge in [0.1, 0.15) is 6.61 Å². The van der Waals surface area contributed by atoms with Crippen molar-refractivity contribution in [2.75, 3.05) is 19.8 Å². The van der Waals surface area contributed by atoms with E-state index in [1.165, 1.54) is 0 Å². The molecule has 0 aliphatic heterocycles. The van der Waals surface area contributed by atoms with Crippen LogP contribution in [0.3, 0.4) is 0 Å². The lowest BCUT2D eigenvalue weighted by atomic mass is 10.3. The highest BCUT2D eigenvalue weighted by Gasteiger charge is 1.99. The Kier molecular flexibility index (Phi) is 5.93. The second-order valence-corrected chi connectivity index (χ2v) is 1.88. The molecule has 0 saturated carbocycles. The van der Waals surface area contributed by atoms with Gasteiger partial charge < -0.3 is 4.74 Å². The van der Waals surface area contributed by atoms with Crippen molar-refractivity contribution >= 4 is 0 Å². The molecule has 54 valence electrons. The summed E-state index contributed by atoms with van der Waals surface area (Å²) in [5.74, 6) is 0. The van der Waals surface area contributed by atoms with Gasteiger partial charge in [-0.3, -0.25) is 0 Å². The molecule has 9 heavy (non-hydrogen) atoms. The highest BCUT2D eigenvalue weighted by Crippen LogP contribution is 1.94. The zero-order valence-electron chi connectivity index (χ0n) is 5.63. The third-order valence-corrected chi connectivity index (χ3v) is 1.01. The van der Waals surface area contributed by atoms with Gasteiger partial charge in [-0.1, -0.05) is 0 Å². The largest absolute Gasteiger partial charge is 0.376 e. The standard InChI is InChI=1S/C6H12O3/c1-6(2-3-7)9-5-4-8/h6H,2-5H2,1H3. The van der Waals surface area contributed by atoms with E-state index in [1.54, 1.807) is 6.92 Å². The van der Waals surface area contributed by atoms with Crippen molar-refractivity contribution in [2.24, 2.45) is 0 Å². The zero-order chi connectivity index (χ0) is 7.11. The molecule has 0 fully saturated rings. The first-order valence-electron chi connectivity index (χ1n) is 3.09. The van der Waals surface area contributed by atoms with Crippen LogP contribution in [0.25, 0.3) is 0 Å². The Morgan fingerprint density at radius 3 is 2.44 bits per heavy atom. The van der Waals surface area contributed by atoms with Gasteiger partial charge in [0, 0.05) is 0 Å². The van der Waals surface area contributed by atoms with Gasteiger partial charge in [-0.15, -0.1) is 0 Å². The fourth-order valence-corrected chi connectivity index (χ4v) is 0.499. The summed E-state index contributed by atoms with van der Waals surface area (Å²) in [7, 11) is 0. The Morgan fingerprint density at radius 2 is 2.00 bits per heavy atom. The Labute approximate surface area is 55.3 Å². The predicted molar refractivity (Wildman–Crippen MR) is 31.1 cm³/mol. The lowest BCUT2D eigenvalue weighted by Crippen LogP contribution is -2.11. The molecule has 0 N–H and O–H groups in total. The summed E-state index contributed by atoms with van der Waals surface area (Å²) in [5, 5.41) is 19.8. The summed E-state index contributed by atoms with van der Waals surface area (Å²) in [6, 6.07) is 0. The third kappa shape index (κ3) is 5.76. The first kappa shape index (κ1) is 8.88. The Morgan fingerprint density at radius 1 is 1.33 bits per heavy atom. The number of ether oxygens (including phenoxy) is 1. The van der Waals surface area contributed by atoms with E-state index in [-0.39, 0.29) is 25.9 Å². The summed E-state index contributed by atoms with van der Waals surface area (Å²) >= 11 is 0. The molecule has 0 aromatic rings. The van der Waals surface area contributed by atoms with Crippen LogP contribution in [0.15, 0.2) is 0 Å². The second-order valence-electron chi connectivity index (χ2n) is 1.88. The molecule has 3 heteroatoms. The quantitative estimate of drug-likeness (QED) is 0.541. The lowest BCUT2D eigenvalue weighted by Gasteiger charge is -2.07. The van der Waals surface area contributed by atoms with E-state index >= 15 is 0 Å². The van der Waals surface area contributed by atoms with Crippen molar-refractivity contribution in [3.63, 3.8) is 0 Å². The molecule has 1 unspecified atom stereocenters. The van der Waals surface area contributed by atoms with Crippen LogP contribution < -0.4 is 0 Å². The van der Waals surface area contributed by atoms with Crippen molar-refractivity contribution < 1.29 is 14.9 Å². The van der Waals surface area contributed by atoms with Gasteiger partial charge in [0.15, 0.2) is 0 Å². The normalized spacial score (nSPS) is 13.7. The van der Waals surface area contributed by atoms with Gasteiger partial charge in [-0.2, -0.15) is 0 Å². The zero-order valence-corrected chi connectivity index (χ0v) is 5.63. The average molecular weight is 132 g/mol.